The van der Waals surface area contributed by atoms with Crippen LogP contribution in [-0.2, 0) is 4.74 Å². The van der Waals surface area contributed by atoms with Crippen molar-refractivity contribution in [3.05, 3.63) is 0 Å². The summed E-state index contributed by atoms with van der Waals surface area (Å²) in [5.74, 6) is 1.46. The van der Waals surface area contributed by atoms with Crippen LogP contribution in [-0.4, -0.2) is 50.8 Å². The van der Waals surface area contributed by atoms with Gasteiger partial charge in [-0.1, -0.05) is 20.8 Å². The maximum atomic E-state index is 5.56. The summed E-state index contributed by atoms with van der Waals surface area (Å²) < 4.78 is 5.56. The highest BCUT2D eigenvalue weighted by Gasteiger charge is 2.28. The van der Waals surface area contributed by atoms with E-state index < -0.39 is 0 Å². The molecule has 3 heteroatoms. The highest BCUT2D eigenvalue weighted by atomic mass is 16.5. The van der Waals surface area contributed by atoms with Crippen LogP contribution in [0.2, 0.25) is 0 Å². The molecule has 0 aromatic rings. The highest BCUT2D eigenvalue weighted by molar-refractivity contribution is 4.82. The lowest BCUT2D eigenvalue weighted by molar-refractivity contribution is 0.172. The van der Waals surface area contributed by atoms with Gasteiger partial charge in [-0.2, -0.15) is 0 Å². The van der Waals surface area contributed by atoms with Crippen molar-refractivity contribution in [1.82, 2.24) is 10.2 Å². The molecule has 1 aliphatic heterocycles. The molecule has 0 saturated carbocycles. The van der Waals surface area contributed by atoms with E-state index in [4.69, 9.17) is 4.74 Å². The fourth-order valence-corrected chi connectivity index (χ4v) is 2.24. The van der Waals surface area contributed by atoms with Gasteiger partial charge in [0.2, 0.25) is 0 Å². The second kappa shape index (κ2) is 7.25. The molecule has 16 heavy (non-hydrogen) atoms. The van der Waals surface area contributed by atoms with E-state index in [0.29, 0.717) is 12.0 Å². The predicted molar refractivity (Wildman–Crippen MR) is 68.7 cm³/mol. The summed E-state index contributed by atoms with van der Waals surface area (Å²) in [6.07, 6.45) is 1.29. The van der Waals surface area contributed by atoms with Crippen molar-refractivity contribution in [2.45, 2.75) is 33.2 Å². The van der Waals surface area contributed by atoms with Gasteiger partial charge in [-0.3, -0.25) is 0 Å². The van der Waals surface area contributed by atoms with Crippen LogP contribution in [0.4, 0.5) is 0 Å². The summed E-state index contributed by atoms with van der Waals surface area (Å²) >= 11 is 0. The van der Waals surface area contributed by atoms with Gasteiger partial charge in [0.05, 0.1) is 13.2 Å². The van der Waals surface area contributed by atoms with Crippen LogP contribution < -0.4 is 5.32 Å². The number of nitrogens with zero attached hydrogens (tertiary/aromatic N) is 1. The van der Waals surface area contributed by atoms with Gasteiger partial charge in [0.15, 0.2) is 0 Å². The molecule has 1 saturated heterocycles. The van der Waals surface area contributed by atoms with E-state index in [-0.39, 0.29) is 0 Å². The second-order valence-electron chi connectivity index (χ2n) is 5.41. The molecule has 0 amide bonds. The fraction of sp³-hybridized carbons (Fsp3) is 1.00. The van der Waals surface area contributed by atoms with E-state index >= 15 is 0 Å². The fourth-order valence-electron chi connectivity index (χ4n) is 2.24. The Morgan fingerprint density at radius 3 is 2.75 bits per heavy atom. The lowest BCUT2D eigenvalue weighted by Gasteiger charge is -2.25. The number of hydrogen-bond donors (Lipinski definition) is 1. The quantitative estimate of drug-likeness (QED) is 0.716. The Bertz CT molecular complexity index is 185. The van der Waals surface area contributed by atoms with Crippen LogP contribution in [0.25, 0.3) is 0 Å². The minimum atomic E-state index is 0.562. The van der Waals surface area contributed by atoms with Gasteiger partial charge in [0.1, 0.15) is 0 Å². The normalized spacial score (nSPS) is 25.9. The van der Waals surface area contributed by atoms with Crippen LogP contribution in [0, 0.1) is 11.8 Å². The van der Waals surface area contributed by atoms with Gasteiger partial charge in [-0.05, 0) is 32.5 Å². The Morgan fingerprint density at radius 2 is 2.12 bits per heavy atom. The summed E-state index contributed by atoms with van der Waals surface area (Å²) in [7, 11) is 2.23. The molecule has 1 rings (SSSR count). The Hall–Kier alpha value is -0.120. The molecular weight excluding hydrogens is 200 g/mol. The molecule has 3 nitrogen and oxygen atoms in total. The van der Waals surface area contributed by atoms with Gasteiger partial charge in [0, 0.05) is 18.5 Å². The maximum absolute atomic E-state index is 5.56. The summed E-state index contributed by atoms with van der Waals surface area (Å²) in [5, 5.41) is 3.51. The van der Waals surface area contributed by atoms with Crippen molar-refractivity contribution in [2.24, 2.45) is 11.8 Å². The van der Waals surface area contributed by atoms with Gasteiger partial charge < -0.3 is 15.0 Å². The van der Waals surface area contributed by atoms with Crippen LogP contribution >= 0.6 is 0 Å². The van der Waals surface area contributed by atoms with Crippen molar-refractivity contribution >= 4 is 0 Å². The van der Waals surface area contributed by atoms with Crippen molar-refractivity contribution in [2.75, 3.05) is 39.9 Å². The Kier molecular flexibility index (Phi) is 6.32. The lowest BCUT2D eigenvalue weighted by Crippen LogP contribution is -2.41. The standard InChI is InChI=1S/C13H28N2O/c1-5-14-13-10-16-9-12(13)8-15(4)7-6-11(2)3/h11-14H,5-10H2,1-4H3. The van der Waals surface area contributed by atoms with Gasteiger partial charge in [0.25, 0.3) is 0 Å². The number of hydrogen-bond acceptors (Lipinski definition) is 3. The van der Waals surface area contributed by atoms with Gasteiger partial charge in [-0.25, -0.2) is 0 Å². The smallest absolute Gasteiger partial charge is 0.0623 e. The molecule has 0 aliphatic carbocycles. The van der Waals surface area contributed by atoms with E-state index in [9.17, 15) is 0 Å². The van der Waals surface area contributed by atoms with E-state index in [2.05, 4.69) is 38.0 Å². The molecule has 0 spiro atoms. The molecular formula is C13H28N2O. The molecule has 96 valence electrons. The third kappa shape index (κ3) is 4.81. The molecule has 0 bridgehead atoms. The third-order valence-electron chi connectivity index (χ3n) is 3.30. The Labute approximate surface area is 101 Å². The second-order valence-corrected chi connectivity index (χ2v) is 5.41. The van der Waals surface area contributed by atoms with Crippen molar-refractivity contribution in [3.8, 4) is 0 Å². The molecule has 2 atom stereocenters. The van der Waals surface area contributed by atoms with E-state index in [1.807, 2.05) is 0 Å². The van der Waals surface area contributed by atoms with Crippen LogP contribution in [0.15, 0.2) is 0 Å². The van der Waals surface area contributed by atoms with Crippen LogP contribution in [0.5, 0.6) is 0 Å². The Morgan fingerprint density at radius 1 is 1.38 bits per heavy atom. The first kappa shape index (κ1) is 13.9. The largest absolute Gasteiger partial charge is 0.379 e. The van der Waals surface area contributed by atoms with Crippen molar-refractivity contribution < 1.29 is 4.74 Å². The number of nitrogens with one attached hydrogen (secondary N) is 1. The first-order chi connectivity index (χ1) is 7.63. The summed E-state index contributed by atoms with van der Waals surface area (Å²) in [6.45, 7) is 11.9. The molecule has 0 aromatic heterocycles. The van der Waals surface area contributed by atoms with Crippen molar-refractivity contribution in [1.29, 1.82) is 0 Å². The zero-order valence-corrected chi connectivity index (χ0v) is 11.3. The Balaban J connectivity index is 2.23. The molecule has 0 radical (unpaired) electrons. The maximum Gasteiger partial charge on any atom is 0.0623 e. The van der Waals surface area contributed by atoms with Gasteiger partial charge in [-0.15, -0.1) is 0 Å². The summed E-state index contributed by atoms with van der Waals surface area (Å²) in [6, 6.07) is 0.562. The number of ether oxygens (including phenoxy) is 1. The molecule has 0 aromatic carbocycles. The topological polar surface area (TPSA) is 24.5 Å². The first-order valence-corrected chi connectivity index (χ1v) is 6.63. The molecule has 1 fully saturated rings. The zero-order valence-electron chi connectivity index (χ0n) is 11.3. The average molecular weight is 228 g/mol. The van der Waals surface area contributed by atoms with E-state index in [1.54, 1.807) is 0 Å². The number of likely N-dealkylation sites (N-methyl/N-ethyl adjacent to an activating group) is 1. The SMILES string of the molecule is CCNC1COCC1CN(C)CCC(C)C. The predicted octanol–water partition coefficient (Wildman–Crippen LogP) is 1.59. The monoisotopic (exact) mass is 228 g/mol. The van der Waals surface area contributed by atoms with Crippen molar-refractivity contribution in [3.63, 3.8) is 0 Å². The molecule has 1 heterocycles. The first-order valence-electron chi connectivity index (χ1n) is 6.63. The summed E-state index contributed by atoms with van der Waals surface area (Å²) in [5.41, 5.74) is 0. The summed E-state index contributed by atoms with van der Waals surface area (Å²) in [4.78, 5) is 2.45. The van der Waals surface area contributed by atoms with Crippen LogP contribution in [0.1, 0.15) is 27.2 Å². The molecule has 2 unspecified atom stereocenters. The average Bonchev–Trinajstić information content (AvgIpc) is 2.63. The van der Waals surface area contributed by atoms with Crippen LogP contribution in [0.3, 0.4) is 0 Å². The van der Waals surface area contributed by atoms with E-state index in [1.165, 1.54) is 13.0 Å². The number of rotatable bonds is 7. The third-order valence-corrected chi connectivity index (χ3v) is 3.30. The zero-order chi connectivity index (χ0) is 12.0. The highest BCUT2D eigenvalue weighted by Crippen LogP contribution is 2.15. The minimum absolute atomic E-state index is 0.562. The molecule has 1 aliphatic rings. The van der Waals surface area contributed by atoms with Gasteiger partial charge >= 0.3 is 0 Å². The minimum Gasteiger partial charge on any atom is -0.379 e. The van der Waals surface area contributed by atoms with E-state index in [0.717, 1.165) is 32.2 Å². The lowest BCUT2D eigenvalue weighted by atomic mass is 10.0. The molecule has 1 N–H and O–H groups in total.